The van der Waals surface area contributed by atoms with Gasteiger partial charge in [0, 0.05) is 26.2 Å². The first-order valence-corrected chi connectivity index (χ1v) is 3.36. The quantitative estimate of drug-likeness (QED) is 0.529. The highest BCUT2D eigenvalue weighted by molar-refractivity contribution is 4.64. The van der Waals surface area contributed by atoms with Crippen LogP contribution in [0.4, 0.5) is 0 Å². The van der Waals surface area contributed by atoms with E-state index in [1.54, 1.807) is 0 Å². The van der Waals surface area contributed by atoms with Gasteiger partial charge < -0.3 is 16.4 Å². The first-order valence-electron chi connectivity index (χ1n) is 3.36. The van der Waals surface area contributed by atoms with Gasteiger partial charge in [-0.15, -0.1) is 0 Å². The van der Waals surface area contributed by atoms with Gasteiger partial charge in [-0.3, -0.25) is 0 Å². The summed E-state index contributed by atoms with van der Waals surface area (Å²) in [5.74, 6) is 0. The van der Waals surface area contributed by atoms with Crippen molar-refractivity contribution in [3.63, 3.8) is 0 Å². The molecule has 1 aliphatic rings. The molecule has 1 aliphatic heterocycles. The minimum Gasteiger partial charge on any atom is -0.344 e. The summed E-state index contributed by atoms with van der Waals surface area (Å²) in [7, 11) is 0. The molecule has 0 saturated carbocycles. The van der Waals surface area contributed by atoms with Gasteiger partial charge in [-0.25, -0.2) is 0 Å². The molecule has 1 saturated heterocycles. The van der Waals surface area contributed by atoms with Crippen LogP contribution >= 0.6 is 0 Å². The summed E-state index contributed by atoms with van der Waals surface area (Å²) in [6.45, 7) is 8.24. The highest BCUT2D eigenvalue weighted by Gasteiger charge is 2.04. The Morgan fingerprint density at radius 3 is 2.22 bits per heavy atom. The van der Waals surface area contributed by atoms with Crippen molar-refractivity contribution in [3.05, 3.63) is 0 Å². The molecule has 3 heteroatoms. The van der Waals surface area contributed by atoms with E-state index in [1.807, 2.05) is 0 Å². The second-order valence-corrected chi connectivity index (χ2v) is 2.18. The Kier molecular flexibility index (Phi) is 4.67. The first kappa shape index (κ1) is 8.88. The van der Waals surface area contributed by atoms with E-state index in [0.717, 1.165) is 0 Å². The smallest absolute Gasteiger partial charge is 0.0107 e. The zero-order valence-corrected chi connectivity index (χ0v) is 6.19. The third-order valence-corrected chi connectivity index (χ3v) is 1.66. The fourth-order valence-electron chi connectivity index (χ4n) is 1.03. The maximum Gasteiger partial charge on any atom is 0.0107 e. The molecule has 1 rings (SSSR count). The van der Waals surface area contributed by atoms with Crippen LogP contribution < -0.4 is 11.5 Å². The molecule has 0 spiro atoms. The Balaban J connectivity index is 0.000000640. The summed E-state index contributed by atoms with van der Waals surface area (Å²) >= 11 is 0. The van der Waals surface area contributed by atoms with E-state index in [4.69, 9.17) is 0 Å². The van der Waals surface area contributed by atoms with E-state index in [1.165, 1.54) is 32.7 Å². The summed E-state index contributed by atoms with van der Waals surface area (Å²) in [6, 6.07) is 0. The van der Waals surface area contributed by atoms with Crippen molar-refractivity contribution in [2.45, 2.75) is 6.92 Å². The number of hydrogen-bond donors (Lipinski definition) is 2. The molecule has 1 heterocycles. The van der Waals surface area contributed by atoms with E-state index in [0.29, 0.717) is 0 Å². The molecule has 0 aliphatic carbocycles. The monoisotopic (exact) mass is 131 g/mol. The minimum atomic E-state index is 0. The maximum atomic E-state index is 3.31. The molecule has 9 heavy (non-hydrogen) atoms. The zero-order valence-electron chi connectivity index (χ0n) is 6.19. The fourth-order valence-corrected chi connectivity index (χ4v) is 1.03. The Morgan fingerprint density at radius 1 is 1.33 bits per heavy atom. The first-order chi connectivity index (χ1) is 3.93. The van der Waals surface area contributed by atoms with Crippen LogP contribution in [-0.2, 0) is 0 Å². The van der Waals surface area contributed by atoms with Gasteiger partial charge in [0.25, 0.3) is 0 Å². The van der Waals surface area contributed by atoms with Crippen molar-refractivity contribution < 1.29 is 0 Å². The van der Waals surface area contributed by atoms with Gasteiger partial charge in [-0.2, -0.15) is 0 Å². The lowest BCUT2D eigenvalue weighted by Crippen LogP contribution is -2.43. The van der Waals surface area contributed by atoms with Crippen molar-refractivity contribution in [1.82, 2.24) is 16.4 Å². The minimum absolute atomic E-state index is 0. The standard InChI is InChI=1S/C6H14N2.H3N/c1-2-8-5-3-7-4-6-8;/h7H,2-6H2,1H3;1H3. The third-order valence-electron chi connectivity index (χ3n) is 1.66. The van der Waals surface area contributed by atoms with E-state index in [9.17, 15) is 0 Å². The molecule has 0 aromatic rings. The van der Waals surface area contributed by atoms with Gasteiger partial charge in [0.2, 0.25) is 0 Å². The number of likely N-dealkylation sites (N-methyl/N-ethyl adjacent to an activating group) is 1. The molecule has 0 aromatic carbocycles. The predicted molar refractivity (Wildman–Crippen MR) is 40.0 cm³/mol. The lowest BCUT2D eigenvalue weighted by Gasteiger charge is -2.25. The van der Waals surface area contributed by atoms with E-state index >= 15 is 0 Å². The molecule has 0 radical (unpaired) electrons. The largest absolute Gasteiger partial charge is 0.344 e. The summed E-state index contributed by atoms with van der Waals surface area (Å²) in [6.07, 6.45) is 0. The topological polar surface area (TPSA) is 50.3 Å². The molecular formula is C6H17N3. The molecule has 0 bridgehead atoms. The Morgan fingerprint density at radius 2 is 1.89 bits per heavy atom. The fraction of sp³-hybridized carbons (Fsp3) is 1.00. The highest BCUT2D eigenvalue weighted by atomic mass is 15.2. The molecule has 1 fully saturated rings. The lowest BCUT2D eigenvalue weighted by atomic mass is 10.4. The van der Waals surface area contributed by atoms with Crippen LogP contribution in [-0.4, -0.2) is 37.6 Å². The number of nitrogens with zero attached hydrogens (tertiary/aromatic N) is 1. The van der Waals surface area contributed by atoms with Gasteiger partial charge in [0.15, 0.2) is 0 Å². The van der Waals surface area contributed by atoms with Crippen molar-refractivity contribution in [3.8, 4) is 0 Å². The average molecular weight is 131 g/mol. The molecule has 0 atom stereocenters. The van der Waals surface area contributed by atoms with Crippen LogP contribution in [0, 0.1) is 0 Å². The second-order valence-electron chi connectivity index (χ2n) is 2.18. The molecule has 3 nitrogen and oxygen atoms in total. The van der Waals surface area contributed by atoms with Crippen LogP contribution in [0.3, 0.4) is 0 Å². The van der Waals surface area contributed by atoms with Crippen LogP contribution in [0.1, 0.15) is 6.92 Å². The lowest BCUT2D eigenvalue weighted by molar-refractivity contribution is 0.253. The number of hydrogen-bond acceptors (Lipinski definition) is 3. The maximum absolute atomic E-state index is 3.31. The molecule has 4 N–H and O–H groups in total. The van der Waals surface area contributed by atoms with Crippen molar-refractivity contribution in [2.75, 3.05) is 32.7 Å². The van der Waals surface area contributed by atoms with Gasteiger partial charge >= 0.3 is 0 Å². The third kappa shape index (κ3) is 2.79. The van der Waals surface area contributed by atoms with Gasteiger partial charge in [0.1, 0.15) is 0 Å². The Labute approximate surface area is 57.0 Å². The van der Waals surface area contributed by atoms with Gasteiger partial charge in [-0.05, 0) is 6.54 Å². The number of nitrogens with one attached hydrogen (secondary N) is 1. The van der Waals surface area contributed by atoms with Crippen molar-refractivity contribution in [1.29, 1.82) is 0 Å². The Bertz CT molecular complexity index is 59.3. The molecule has 0 amide bonds. The van der Waals surface area contributed by atoms with Gasteiger partial charge in [0.05, 0.1) is 0 Å². The molecule has 56 valence electrons. The molecule has 0 unspecified atom stereocenters. The van der Waals surface area contributed by atoms with E-state index in [-0.39, 0.29) is 6.15 Å². The van der Waals surface area contributed by atoms with E-state index in [2.05, 4.69) is 17.1 Å². The predicted octanol–water partition coefficient (Wildman–Crippen LogP) is 0.0735. The van der Waals surface area contributed by atoms with Crippen LogP contribution in [0.2, 0.25) is 0 Å². The van der Waals surface area contributed by atoms with Gasteiger partial charge in [-0.1, -0.05) is 6.92 Å². The van der Waals surface area contributed by atoms with Crippen molar-refractivity contribution in [2.24, 2.45) is 0 Å². The SMILES string of the molecule is CCN1CCNCC1.N. The summed E-state index contributed by atoms with van der Waals surface area (Å²) in [5.41, 5.74) is 0. The van der Waals surface area contributed by atoms with Crippen LogP contribution in [0.15, 0.2) is 0 Å². The van der Waals surface area contributed by atoms with Crippen LogP contribution in [0.25, 0.3) is 0 Å². The summed E-state index contributed by atoms with van der Waals surface area (Å²) in [5, 5.41) is 3.31. The summed E-state index contributed by atoms with van der Waals surface area (Å²) in [4.78, 5) is 2.45. The number of rotatable bonds is 1. The second kappa shape index (κ2) is 4.73. The average Bonchev–Trinajstić information content (AvgIpc) is 1.90. The highest BCUT2D eigenvalue weighted by Crippen LogP contribution is 1.88. The van der Waals surface area contributed by atoms with Crippen LogP contribution in [0.5, 0.6) is 0 Å². The van der Waals surface area contributed by atoms with Crippen molar-refractivity contribution >= 4 is 0 Å². The normalized spacial score (nSPS) is 21.0. The number of piperazine rings is 1. The summed E-state index contributed by atoms with van der Waals surface area (Å²) < 4.78 is 0. The van der Waals surface area contributed by atoms with E-state index < -0.39 is 0 Å². The Hall–Kier alpha value is -0.120. The molecular weight excluding hydrogens is 114 g/mol. The zero-order chi connectivity index (χ0) is 5.82. The molecule has 0 aromatic heterocycles.